The third-order valence-corrected chi connectivity index (χ3v) is 3.31. The highest BCUT2D eigenvalue weighted by Crippen LogP contribution is 2.25. The summed E-state index contributed by atoms with van der Waals surface area (Å²) in [6, 6.07) is 1.71. The Labute approximate surface area is 107 Å². The zero-order chi connectivity index (χ0) is 13.0. The lowest BCUT2D eigenvalue weighted by molar-refractivity contribution is -0.0378. The minimum Gasteiger partial charge on any atom is -0.459 e. The van der Waals surface area contributed by atoms with Gasteiger partial charge < -0.3 is 9.47 Å². The van der Waals surface area contributed by atoms with Crippen LogP contribution in [-0.4, -0.2) is 29.8 Å². The summed E-state index contributed by atoms with van der Waals surface area (Å²) in [7, 11) is 0. The molecule has 0 unspecified atom stereocenters. The van der Waals surface area contributed by atoms with Gasteiger partial charge in [0.25, 0.3) is 0 Å². The Balaban J connectivity index is 1.99. The fourth-order valence-electron chi connectivity index (χ4n) is 2.15. The van der Waals surface area contributed by atoms with Crippen molar-refractivity contribution in [3.8, 4) is 0 Å². The lowest BCUT2D eigenvalue weighted by Gasteiger charge is -2.22. The van der Waals surface area contributed by atoms with E-state index in [9.17, 15) is 4.79 Å². The number of aryl methyl sites for hydroxylation is 1. The fraction of sp³-hybridized carbons (Fsp3) is 0.571. The number of esters is 1. The van der Waals surface area contributed by atoms with Gasteiger partial charge in [-0.25, -0.2) is 4.79 Å². The van der Waals surface area contributed by atoms with Crippen LogP contribution in [0.25, 0.3) is 0 Å². The van der Waals surface area contributed by atoms with E-state index in [1.54, 1.807) is 18.5 Å². The van der Waals surface area contributed by atoms with Crippen LogP contribution in [0, 0.1) is 0 Å². The summed E-state index contributed by atoms with van der Waals surface area (Å²) in [6.45, 7) is 5.05. The number of hydrogen-bond donors (Lipinski definition) is 0. The summed E-state index contributed by atoms with van der Waals surface area (Å²) in [5, 5.41) is 0. The molecule has 0 saturated carbocycles. The molecule has 1 aliphatic heterocycles. The molecule has 0 aliphatic carbocycles. The molecule has 1 aliphatic rings. The molecule has 1 fully saturated rings. The van der Waals surface area contributed by atoms with Gasteiger partial charge in [-0.05, 0) is 37.8 Å². The van der Waals surface area contributed by atoms with Crippen molar-refractivity contribution in [2.45, 2.75) is 38.7 Å². The molecular formula is C14H19NO3. The van der Waals surface area contributed by atoms with Crippen molar-refractivity contribution in [3.63, 3.8) is 0 Å². The molecule has 0 bridgehead atoms. The summed E-state index contributed by atoms with van der Waals surface area (Å²) >= 11 is 0. The standard InChI is InChI=1S/C14H19NO3/c1-3-11-9-15-7-5-12(11)13(16)17-10-14(2)6-4-8-18-14/h5,7,9H,3-4,6,8,10H2,1-2H3/t14-/m0/s1. The van der Waals surface area contributed by atoms with Crippen LogP contribution >= 0.6 is 0 Å². The molecule has 4 heteroatoms. The van der Waals surface area contributed by atoms with Gasteiger partial charge in [0.05, 0.1) is 11.2 Å². The van der Waals surface area contributed by atoms with Crippen LogP contribution < -0.4 is 0 Å². The van der Waals surface area contributed by atoms with Gasteiger partial charge >= 0.3 is 5.97 Å². The van der Waals surface area contributed by atoms with E-state index in [0.717, 1.165) is 31.4 Å². The van der Waals surface area contributed by atoms with Gasteiger partial charge in [-0.1, -0.05) is 6.92 Å². The largest absolute Gasteiger partial charge is 0.459 e. The summed E-state index contributed by atoms with van der Waals surface area (Å²) < 4.78 is 11.0. The van der Waals surface area contributed by atoms with Gasteiger partial charge in [0.15, 0.2) is 0 Å². The van der Waals surface area contributed by atoms with E-state index in [-0.39, 0.29) is 11.6 Å². The van der Waals surface area contributed by atoms with Crippen molar-refractivity contribution in [2.24, 2.45) is 0 Å². The molecule has 1 aromatic heterocycles. The maximum absolute atomic E-state index is 12.0. The lowest BCUT2D eigenvalue weighted by atomic mass is 10.0. The first-order valence-corrected chi connectivity index (χ1v) is 6.38. The molecule has 4 nitrogen and oxygen atoms in total. The number of aromatic nitrogens is 1. The van der Waals surface area contributed by atoms with Gasteiger partial charge in [0.2, 0.25) is 0 Å². The number of carbonyl (C=O) groups excluding carboxylic acids is 1. The quantitative estimate of drug-likeness (QED) is 0.769. The van der Waals surface area contributed by atoms with E-state index in [1.807, 2.05) is 13.8 Å². The molecule has 2 heterocycles. The smallest absolute Gasteiger partial charge is 0.338 e. The molecule has 0 amide bonds. The molecule has 2 rings (SSSR count). The van der Waals surface area contributed by atoms with Gasteiger partial charge in [-0.15, -0.1) is 0 Å². The van der Waals surface area contributed by atoms with Crippen molar-refractivity contribution >= 4 is 5.97 Å². The Kier molecular flexibility index (Phi) is 3.97. The predicted octanol–water partition coefficient (Wildman–Crippen LogP) is 2.37. The van der Waals surface area contributed by atoms with Gasteiger partial charge in [-0.2, -0.15) is 0 Å². The van der Waals surface area contributed by atoms with Crippen LogP contribution in [0.15, 0.2) is 18.5 Å². The molecular weight excluding hydrogens is 230 g/mol. The van der Waals surface area contributed by atoms with Crippen LogP contribution in [-0.2, 0) is 15.9 Å². The predicted molar refractivity (Wildman–Crippen MR) is 67.5 cm³/mol. The summed E-state index contributed by atoms with van der Waals surface area (Å²) in [5.41, 5.74) is 1.21. The third-order valence-electron chi connectivity index (χ3n) is 3.31. The normalized spacial score (nSPS) is 23.0. The summed E-state index contributed by atoms with van der Waals surface area (Å²) in [6.07, 6.45) is 6.07. The van der Waals surface area contributed by atoms with Crippen LogP contribution in [0.1, 0.15) is 42.6 Å². The average Bonchev–Trinajstić information content (AvgIpc) is 2.83. The highest BCUT2D eigenvalue weighted by Gasteiger charge is 2.31. The van der Waals surface area contributed by atoms with Crippen molar-refractivity contribution in [1.29, 1.82) is 0 Å². The first kappa shape index (κ1) is 13.0. The highest BCUT2D eigenvalue weighted by atomic mass is 16.6. The molecule has 1 saturated heterocycles. The first-order chi connectivity index (χ1) is 8.64. The van der Waals surface area contributed by atoms with Crippen LogP contribution in [0.3, 0.4) is 0 Å². The Morgan fingerprint density at radius 3 is 3.11 bits per heavy atom. The second-order valence-corrected chi connectivity index (χ2v) is 4.86. The van der Waals surface area contributed by atoms with E-state index in [2.05, 4.69) is 4.98 Å². The highest BCUT2D eigenvalue weighted by molar-refractivity contribution is 5.90. The Morgan fingerprint density at radius 1 is 1.61 bits per heavy atom. The minimum absolute atomic E-state index is 0.286. The number of pyridine rings is 1. The second kappa shape index (κ2) is 5.48. The molecule has 98 valence electrons. The maximum atomic E-state index is 12.0. The van der Waals surface area contributed by atoms with E-state index in [4.69, 9.17) is 9.47 Å². The molecule has 0 aromatic carbocycles. The number of carbonyl (C=O) groups is 1. The molecule has 1 aromatic rings. The fourth-order valence-corrected chi connectivity index (χ4v) is 2.15. The van der Waals surface area contributed by atoms with Crippen LogP contribution in [0.5, 0.6) is 0 Å². The molecule has 0 N–H and O–H groups in total. The Morgan fingerprint density at radius 2 is 2.44 bits per heavy atom. The zero-order valence-corrected chi connectivity index (χ0v) is 10.9. The monoisotopic (exact) mass is 249 g/mol. The van der Waals surface area contributed by atoms with Crippen molar-refractivity contribution in [2.75, 3.05) is 13.2 Å². The maximum Gasteiger partial charge on any atom is 0.338 e. The van der Waals surface area contributed by atoms with Crippen molar-refractivity contribution in [1.82, 2.24) is 4.98 Å². The third kappa shape index (κ3) is 2.88. The Hall–Kier alpha value is -1.42. The number of rotatable bonds is 4. The molecule has 0 radical (unpaired) electrons. The Bertz CT molecular complexity index is 425. The number of hydrogen-bond acceptors (Lipinski definition) is 4. The molecule has 0 spiro atoms. The van der Waals surface area contributed by atoms with Crippen molar-refractivity contribution < 1.29 is 14.3 Å². The van der Waals surface area contributed by atoms with Gasteiger partial charge in [0.1, 0.15) is 6.61 Å². The van der Waals surface area contributed by atoms with Crippen LogP contribution in [0.4, 0.5) is 0 Å². The van der Waals surface area contributed by atoms with E-state index >= 15 is 0 Å². The lowest BCUT2D eigenvalue weighted by Crippen LogP contribution is -2.31. The van der Waals surface area contributed by atoms with E-state index < -0.39 is 0 Å². The van der Waals surface area contributed by atoms with Crippen molar-refractivity contribution in [3.05, 3.63) is 29.6 Å². The van der Waals surface area contributed by atoms with Crippen LogP contribution in [0.2, 0.25) is 0 Å². The average molecular weight is 249 g/mol. The number of nitrogens with zero attached hydrogens (tertiary/aromatic N) is 1. The topological polar surface area (TPSA) is 48.4 Å². The molecule has 1 atom stereocenters. The summed E-state index contributed by atoms with van der Waals surface area (Å²) in [5.74, 6) is -0.286. The first-order valence-electron chi connectivity index (χ1n) is 6.38. The molecule has 18 heavy (non-hydrogen) atoms. The second-order valence-electron chi connectivity index (χ2n) is 4.86. The SMILES string of the molecule is CCc1cnccc1C(=O)OC[C@]1(C)CCCO1. The zero-order valence-electron chi connectivity index (χ0n) is 10.9. The minimum atomic E-state index is -0.310. The van der Waals surface area contributed by atoms with E-state index in [0.29, 0.717) is 12.2 Å². The number of ether oxygens (including phenoxy) is 2. The van der Waals surface area contributed by atoms with Gasteiger partial charge in [-0.3, -0.25) is 4.98 Å². The summed E-state index contributed by atoms with van der Waals surface area (Å²) in [4.78, 5) is 16.0. The van der Waals surface area contributed by atoms with Gasteiger partial charge in [0, 0.05) is 19.0 Å². The van der Waals surface area contributed by atoms with E-state index in [1.165, 1.54) is 0 Å².